The molecule has 4 rings (SSSR count). The number of ether oxygens (including phenoxy) is 1. The standard InChI is InChI=1S/C22H18N4O2/c1-28-21(27)18-13-12-17-20(24-18)19(16-10-6-3-7-11-16)26-22(25-17)23-14-15-8-4-2-5-9-15/h2-13H,14H2,1H3,(H,23,25,26). The minimum atomic E-state index is -0.493. The topological polar surface area (TPSA) is 77.0 Å². The molecule has 0 atom stereocenters. The van der Waals surface area contributed by atoms with E-state index in [1.54, 1.807) is 12.1 Å². The van der Waals surface area contributed by atoms with Crippen molar-refractivity contribution in [2.75, 3.05) is 12.4 Å². The van der Waals surface area contributed by atoms with E-state index in [0.29, 0.717) is 29.2 Å². The maximum Gasteiger partial charge on any atom is 0.356 e. The van der Waals surface area contributed by atoms with Gasteiger partial charge in [-0.3, -0.25) is 0 Å². The average molecular weight is 370 g/mol. The number of nitrogens with one attached hydrogen (secondary N) is 1. The summed E-state index contributed by atoms with van der Waals surface area (Å²) in [5.41, 5.74) is 4.11. The predicted molar refractivity (Wildman–Crippen MR) is 108 cm³/mol. The Morgan fingerprint density at radius 1 is 0.893 bits per heavy atom. The second-order valence-electron chi connectivity index (χ2n) is 6.16. The van der Waals surface area contributed by atoms with E-state index in [9.17, 15) is 4.79 Å². The zero-order chi connectivity index (χ0) is 19.3. The van der Waals surface area contributed by atoms with Gasteiger partial charge in [-0.15, -0.1) is 0 Å². The normalized spacial score (nSPS) is 10.6. The molecule has 0 aliphatic rings. The predicted octanol–water partition coefficient (Wildman–Crippen LogP) is 4.09. The van der Waals surface area contributed by atoms with Crippen LogP contribution in [-0.4, -0.2) is 28.0 Å². The second kappa shape index (κ2) is 7.84. The van der Waals surface area contributed by atoms with Crippen LogP contribution in [0.3, 0.4) is 0 Å². The third-order valence-electron chi connectivity index (χ3n) is 4.28. The molecule has 0 saturated carbocycles. The van der Waals surface area contributed by atoms with Gasteiger partial charge in [0.25, 0.3) is 0 Å². The Kier molecular flexibility index (Phi) is 4.93. The van der Waals surface area contributed by atoms with Crippen LogP contribution in [-0.2, 0) is 11.3 Å². The van der Waals surface area contributed by atoms with Crippen LogP contribution in [0.5, 0.6) is 0 Å². The molecule has 6 nitrogen and oxygen atoms in total. The minimum Gasteiger partial charge on any atom is -0.464 e. The molecule has 0 radical (unpaired) electrons. The van der Waals surface area contributed by atoms with Crippen molar-refractivity contribution in [1.29, 1.82) is 0 Å². The molecule has 4 aromatic rings. The fraction of sp³-hybridized carbons (Fsp3) is 0.0909. The number of benzene rings is 2. The van der Waals surface area contributed by atoms with Crippen molar-refractivity contribution in [3.63, 3.8) is 0 Å². The Hall–Kier alpha value is -3.80. The molecule has 0 amide bonds. The molecule has 0 unspecified atom stereocenters. The van der Waals surface area contributed by atoms with Gasteiger partial charge in [-0.1, -0.05) is 60.7 Å². The fourth-order valence-corrected chi connectivity index (χ4v) is 2.89. The summed E-state index contributed by atoms with van der Waals surface area (Å²) in [6.45, 7) is 0.605. The lowest BCUT2D eigenvalue weighted by atomic mass is 10.1. The van der Waals surface area contributed by atoms with Crippen molar-refractivity contribution in [3.05, 3.63) is 84.1 Å². The molecule has 6 heteroatoms. The maximum atomic E-state index is 11.9. The number of esters is 1. The summed E-state index contributed by atoms with van der Waals surface area (Å²) in [6, 6.07) is 23.1. The molecule has 0 spiro atoms. The van der Waals surface area contributed by atoms with Gasteiger partial charge < -0.3 is 10.1 Å². The van der Waals surface area contributed by atoms with Gasteiger partial charge in [0.1, 0.15) is 16.9 Å². The van der Waals surface area contributed by atoms with Crippen LogP contribution in [0.2, 0.25) is 0 Å². The quantitative estimate of drug-likeness (QED) is 0.533. The molecular formula is C22H18N4O2. The highest BCUT2D eigenvalue weighted by atomic mass is 16.5. The SMILES string of the molecule is COC(=O)c1ccc2nc(NCc3ccccc3)nc(-c3ccccc3)c2n1. The van der Waals surface area contributed by atoms with Crippen LogP contribution in [0.4, 0.5) is 5.95 Å². The summed E-state index contributed by atoms with van der Waals surface area (Å²) in [4.78, 5) is 25.6. The van der Waals surface area contributed by atoms with Gasteiger partial charge in [0.05, 0.1) is 12.6 Å². The van der Waals surface area contributed by atoms with Crippen molar-refractivity contribution in [2.45, 2.75) is 6.54 Å². The molecule has 2 heterocycles. The molecule has 1 N–H and O–H groups in total. The molecule has 28 heavy (non-hydrogen) atoms. The highest BCUT2D eigenvalue weighted by Crippen LogP contribution is 2.26. The van der Waals surface area contributed by atoms with Crippen LogP contribution in [0.1, 0.15) is 16.1 Å². The Labute approximate surface area is 162 Å². The third-order valence-corrected chi connectivity index (χ3v) is 4.28. The molecular weight excluding hydrogens is 352 g/mol. The van der Waals surface area contributed by atoms with E-state index in [1.807, 2.05) is 60.7 Å². The van der Waals surface area contributed by atoms with E-state index < -0.39 is 5.97 Å². The lowest BCUT2D eigenvalue weighted by molar-refractivity contribution is 0.0594. The van der Waals surface area contributed by atoms with Crippen molar-refractivity contribution < 1.29 is 9.53 Å². The lowest BCUT2D eigenvalue weighted by Crippen LogP contribution is -2.08. The first-order chi connectivity index (χ1) is 13.7. The number of pyridine rings is 1. The summed E-state index contributed by atoms with van der Waals surface area (Å²) in [7, 11) is 1.33. The van der Waals surface area contributed by atoms with Crippen LogP contribution >= 0.6 is 0 Å². The largest absolute Gasteiger partial charge is 0.464 e. The number of aromatic nitrogens is 3. The van der Waals surface area contributed by atoms with E-state index in [0.717, 1.165) is 11.1 Å². The van der Waals surface area contributed by atoms with Crippen molar-refractivity contribution in [3.8, 4) is 11.3 Å². The number of methoxy groups -OCH3 is 1. The van der Waals surface area contributed by atoms with Crippen molar-refractivity contribution in [2.24, 2.45) is 0 Å². The summed E-state index contributed by atoms with van der Waals surface area (Å²) in [5, 5.41) is 3.27. The number of carbonyl (C=O) groups is 1. The number of fused-ring (bicyclic) bond motifs is 1. The number of carbonyl (C=O) groups excluding carboxylic acids is 1. The Balaban J connectivity index is 1.79. The smallest absolute Gasteiger partial charge is 0.356 e. The van der Waals surface area contributed by atoms with E-state index in [1.165, 1.54) is 7.11 Å². The summed E-state index contributed by atoms with van der Waals surface area (Å²) < 4.78 is 4.79. The van der Waals surface area contributed by atoms with Gasteiger partial charge in [0.2, 0.25) is 5.95 Å². The molecule has 2 aromatic carbocycles. The van der Waals surface area contributed by atoms with Crippen molar-refractivity contribution >= 4 is 23.0 Å². The zero-order valence-electron chi connectivity index (χ0n) is 15.3. The van der Waals surface area contributed by atoms with Gasteiger partial charge in [-0.25, -0.2) is 19.7 Å². The van der Waals surface area contributed by atoms with Gasteiger partial charge in [-0.05, 0) is 17.7 Å². The van der Waals surface area contributed by atoms with E-state index in [4.69, 9.17) is 4.74 Å². The van der Waals surface area contributed by atoms with E-state index in [-0.39, 0.29) is 5.69 Å². The number of hydrogen-bond acceptors (Lipinski definition) is 6. The summed E-state index contributed by atoms with van der Waals surface area (Å²) in [6.07, 6.45) is 0. The molecule has 0 saturated heterocycles. The van der Waals surface area contributed by atoms with Gasteiger partial charge >= 0.3 is 5.97 Å². The molecule has 0 fully saturated rings. The lowest BCUT2D eigenvalue weighted by Gasteiger charge is -2.11. The van der Waals surface area contributed by atoms with Gasteiger partial charge in [-0.2, -0.15) is 0 Å². The van der Waals surface area contributed by atoms with Crippen LogP contribution in [0, 0.1) is 0 Å². The van der Waals surface area contributed by atoms with Crippen LogP contribution in [0.15, 0.2) is 72.8 Å². The summed E-state index contributed by atoms with van der Waals surface area (Å²) >= 11 is 0. The molecule has 138 valence electrons. The second-order valence-corrected chi connectivity index (χ2v) is 6.16. The highest BCUT2D eigenvalue weighted by Gasteiger charge is 2.15. The van der Waals surface area contributed by atoms with Gasteiger partial charge in [0, 0.05) is 12.1 Å². The van der Waals surface area contributed by atoms with Crippen LogP contribution in [0.25, 0.3) is 22.3 Å². The Bertz CT molecular complexity index is 1120. The maximum absolute atomic E-state index is 11.9. The van der Waals surface area contributed by atoms with Crippen molar-refractivity contribution in [1.82, 2.24) is 15.0 Å². The zero-order valence-corrected chi connectivity index (χ0v) is 15.3. The highest BCUT2D eigenvalue weighted by molar-refractivity contribution is 5.94. The molecule has 2 aromatic heterocycles. The first-order valence-corrected chi connectivity index (χ1v) is 8.85. The molecule has 0 bridgehead atoms. The average Bonchev–Trinajstić information content (AvgIpc) is 2.77. The Morgan fingerprint density at radius 3 is 2.32 bits per heavy atom. The third kappa shape index (κ3) is 3.66. The monoisotopic (exact) mass is 370 g/mol. The number of rotatable bonds is 5. The minimum absolute atomic E-state index is 0.223. The van der Waals surface area contributed by atoms with E-state index >= 15 is 0 Å². The Morgan fingerprint density at radius 2 is 1.61 bits per heavy atom. The number of anilines is 1. The molecule has 0 aliphatic heterocycles. The first-order valence-electron chi connectivity index (χ1n) is 8.85. The fourth-order valence-electron chi connectivity index (χ4n) is 2.89. The number of hydrogen-bond donors (Lipinski definition) is 1. The molecule has 0 aliphatic carbocycles. The first kappa shape index (κ1) is 17.6. The van der Waals surface area contributed by atoms with Crippen LogP contribution < -0.4 is 5.32 Å². The van der Waals surface area contributed by atoms with E-state index in [2.05, 4.69) is 20.3 Å². The summed E-state index contributed by atoms with van der Waals surface area (Å²) in [5.74, 6) is 0.00927. The number of nitrogens with zero attached hydrogens (tertiary/aromatic N) is 3. The van der Waals surface area contributed by atoms with Gasteiger partial charge in [0.15, 0.2) is 0 Å².